The molecule has 6 heteroatoms. The number of para-hydroxylation sites is 1. The molecule has 3 heterocycles. The van der Waals surface area contributed by atoms with Crippen LogP contribution in [0.3, 0.4) is 0 Å². The lowest BCUT2D eigenvalue weighted by Gasteiger charge is -2.20. The highest BCUT2D eigenvalue weighted by molar-refractivity contribution is 6.34. The number of fused-ring (bicyclic) bond motifs is 1. The molecule has 2 N–H and O–H groups in total. The molecule has 3 aromatic rings. The van der Waals surface area contributed by atoms with E-state index in [0.29, 0.717) is 16.9 Å². The fraction of sp³-hybridized carbons (Fsp3) is 0.200. The number of hydrogen-bond acceptors (Lipinski definition) is 4. The molecule has 2 amide bonds. The number of carbonyl (C=O) groups excluding carboxylic acids is 2. The third kappa shape index (κ3) is 3.78. The molecule has 1 aromatic heterocycles. The Morgan fingerprint density at radius 1 is 1.16 bits per heavy atom. The molecule has 0 radical (unpaired) electrons. The van der Waals surface area contributed by atoms with Gasteiger partial charge in [-0.15, -0.1) is 0 Å². The molecule has 1 fully saturated rings. The van der Waals surface area contributed by atoms with Crippen molar-refractivity contribution >= 4 is 29.2 Å². The fourth-order valence-corrected chi connectivity index (χ4v) is 4.17. The van der Waals surface area contributed by atoms with Crippen molar-refractivity contribution < 1.29 is 14.0 Å². The zero-order valence-electron chi connectivity index (χ0n) is 17.2. The number of amides is 2. The van der Waals surface area contributed by atoms with Crippen LogP contribution in [-0.4, -0.2) is 36.5 Å². The van der Waals surface area contributed by atoms with Crippen molar-refractivity contribution in [1.29, 1.82) is 0 Å². The van der Waals surface area contributed by atoms with Crippen LogP contribution in [0, 0.1) is 0 Å². The van der Waals surface area contributed by atoms with Crippen LogP contribution in [0.4, 0.5) is 5.69 Å². The van der Waals surface area contributed by atoms with Gasteiger partial charge in [0.05, 0.1) is 18.0 Å². The average molecular weight is 413 g/mol. The van der Waals surface area contributed by atoms with E-state index in [1.165, 1.54) is 0 Å². The Hall–Kier alpha value is -3.64. The summed E-state index contributed by atoms with van der Waals surface area (Å²) in [6, 6.07) is 16.9. The SMILES string of the molecule is CN1CCCC1NC(=O)c1cccc(-c2coc(/C=C3/C(=O)Nc4ccccc43)c2)c1. The highest BCUT2D eigenvalue weighted by Crippen LogP contribution is 2.33. The van der Waals surface area contributed by atoms with Gasteiger partial charge in [0.1, 0.15) is 5.76 Å². The number of nitrogens with zero attached hydrogens (tertiary/aromatic N) is 1. The van der Waals surface area contributed by atoms with Gasteiger partial charge in [0.15, 0.2) is 0 Å². The second-order valence-electron chi connectivity index (χ2n) is 7.99. The van der Waals surface area contributed by atoms with Gasteiger partial charge in [-0.25, -0.2) is 0 Å². The molecule has 2 aliphatic rings. The van der Waals surface area contributed by atoms with E-state index in [1.807, 2.05) is 61.6 Å². The maximum Gasteiger partial charge on any atom is 0.256 e. The lowest BCUT2D eigenvalue weighted by Crippen LogP contribution is -2.42. The molecule has 1 atom stereocenters. The second-order valence-corrected chi connectivity index (χ2v) is 7.99. The summed E-state index contributed by atoms with van der Waals surface area (Å²) >= 11 is 0. The summed E-state index contributed by atoms with van der Waals surface area (Å²) in [5, 5.41) is 5.96. The molecule has 31 heavy (non-hydrogen) atoms. The Morgan fingerprint density at radius 2 is 2.03 bits per heavy atom. The number of furan rings is 1. The minimum absolute atomic E-state index is 0.0781. The Balaban J connectivity index is 1.37. The fourth-order valence-electron chi connectivity index (χ4n) is 4.17. The van der Waals surface area contributed by atoms with Crippen molar-refractivity contribution in [2.75, 3.05) is 18.9 Å². The first kappa shape index (κ1) is 19.3. The topological polar surface area (TPSA) is 74.6 Å². The maximum absolute atomic E-state index is 12.7. The molecule has 0 aliphatic carbocycles. The normalized spacial score (nSPS) is 19.5. The number of anilines is 1. The lowest BCUT2D eigenvalue weighted by atomic mass is 10.0. The van der Waals surface area contributed by atoms with Gasteiger partial charge in [-0.2, -0.15) is 0 Å². The summed E-state index contributed by atoms with van der Waals surface area (Å²) in [7, 11) is 2.03. The molecule has 2 aliphatic heterocycles. The summed E-state index contributed by atoms with van der Waals surface area (Å²) in [5.74, 6) is 0.361. The summed E-state index contributed by atoms with van der Waals surface area (Å²) in [5.41, 5.74) is 4.59. The largest absolute Gasteiger partial charge is 0.464 e. The summed E-state index contributed by atoms with van der Waals surface area (Å²) < 4.78 is 5.70. The molecular weight excluding hydrogens is 390 g/mol. The Kier molecular flexibility index (Phi) is 4.92. The summed E-state index contributed by atoms with van der Waals surface area (Å²) in [4.78, 5) is 27.2. The van der Waals surface area contributed by atoms with Crippen LogP contribution in [0.15, 0.2) is 65.3 Å². The molecule has 0 saturated carbocycles. The summed E-state index contributed by atoms with van der Waals surface area (Å²) in [6.45, 7) is 1.00. The second kappa shape index (κ2) is 7.89. The molecule has 2 aromatic carbocycles. The summed E-state index contributed by atoms with van der Waals surface area (Å²) in [6.07, 6.45) is 5.54. The van der Waals surface area contributed by atoms with Gasteiger partial charge in [0.2, 0.25) is 0 Å². The van der Waals surface area contributed by atoms with Crippen LogP contribution in [0.25, 0.3) is 22.8 Å². The first-order chi connectivity index (χ1) is 15.1. The van der Waals surface area contributed by atoms with Gasteiger partial charge in [0, 0.05) is 22.4 Å². The van der Waals surface area contributed by atoms with Crippen molar-refractivity contribution in [3.8, 4) is 11.1 Å². The van der Waals surface area contributed by atoms with Gasteiger partial charge in [-0.3, -0.25) is 14.5 Å². The molecule has 0 bridgehead atoms. The molecular formula is C25H23N3O3. The number of carbonyl (C=O) groups is 2. The molecule has 6 nitrogen and oxygen atoms in total. The third-order valence-electron chi connectivity index (χ3n) is 5.89. The van der Waals surface area contributed by atoms with Gasteiger partial charge < -0.3 is 15.1 Å². The van der Waals surface area contributed by atoms with Crippen molar-refractivity contribution in [2.45, 2.75) is 19.0 Å². The highest BCUT2D eigenvalue weighted by Gasteiger charge is 2.24. The van der Waals surface area contributed by atoms with E-state index >= 15 is 0 Å². The van der Waals surface area contributed by atoms with E-state index in [-0.39, 0.29) is 18.0 Å². The first-order valence-electron chi connectivity index (χ1n) is 10.4. The van der Waals surface area contributed by atoms with Crippen molar-refractivity contribution in [3.05, 3.63) is 77.7 Å². The minimum Gasteiger partial charge on any atom is -0.464 e. The number of nitrogens with one attached hydrogen (secondary N) is 2. The van der Waals surface area contributed by atoms with Crippen LogP contribution in [0.5, 0.6) is 0 Å². The van der Waals surface area contributed by atoms with Crippen LogP contribution in [0.2, 0.25) is 0 Å². The number of likely N-dealkylation sites (tertiary alicyclic amines) is 1. The Labute approximate surface area is 180 Å². The van der Waals surface area contributed by atoms with Crippen molar-refractivity contribution in [3.63, 3.8) is 0 Å². The minimum atomic E-state index is -0.144. The lowest BCUT2D eigenvalue weighted by molar-refractivity contribution is -0.110. The first-order valence-corrected chi connectivity index (χ1v) is 10.4. The van der Waals surface area contributed by atoms with Crippen LogP contribution in [-0.2, 0) is 4.79 Å². The Bertz CT molecular complexity index is 1190. The van der Waals surface area contributed by atoms with E-state index in [1.54, 1.807) is 12.3 Å². The predicted molar refractivity (Wildman–Crippen MR) is 120 cm³/mol. The number of rotatable bonds is 4. The predicted octanol–water partition coefficient (Wildman–Crippen LogP) is 4.22. The van der Waals surface area contributed by atoms with Crippen LogP contribution in [0.1, 0.15) is 34.5 Å². The highest BCUT2D eigenvalue weighted by atomic mass is 16.3. The molecule has 1 unspecified atom stereocenters. The van der Waals surface area contributed by atoms with E-state index in [0.717, 1.165) is 41.8 Å². The van der Waals surface area contributed by atoms with Gasteiger partial charge >= 0.3 is 0 Å². The zero-order valence-corrected chi connectivity index (χ0v) is 17.2. The van der Waals surface area contributed by atoms with Gasteiger partial charge in [-0.05, 0) is 62.3 Å². The van der Waals surface area contributed by atoms with E-state index < -0.39 is 0 Å². The van der Waals surface area contributed by atoms with E-state index in [2.05, 4.69) is 15.5 Å². The quantitative estimate of drug-likeness (QED) is 0.628. The smallest absolute Gasteiger partial charge is 0.256 e. The van der Waals surface area contributed by atoms with Crippen LogP contribution >= 0.6 is 0 Å². The maximum atomic E-state index is 12.7. The molecule has 1 saturated heterocycles. The Morgan fingerprint density at radius 3 is 2.87 bits per heavy atom. The molecule has 156 valence electrons. The average Bonchev–Trinajstić information content (AvgIpc) is 3.49. The molecule has 0 spiro atoms. The van der Waals surface area contributed by atoms with Crippen molar-refractivity contribution in [2.24, 2.45) is 0 Å². The number of benzene rings is 2. The standard InChI is InChI=1S/C25H23N3O3/c1-28-11-5-10-23(28)27-24(29)17-7-4-6-16(12-17)18-13-19(31-15-18)14-21-20-8-2-3-9-22(20)26-25(21)30/h2-4,6-9,12-15,23H,5,10-11H2,1H3,(H,26,30)(H,27,29)/b21-14+. The zero-order chi connectivity index (χ0) is 21.4. The van der Waals surface area contributed by atoms with Crippen LogP contribution < -0.4 is 10.6 Å². The van der Waals surface area contributed by atoms with E-state index in [9.17, 15) is 9.59 Å². The van der Waals surface area contributed by atoms with Crippen molar-refractivity contribution in [1.82, 2.24) is 10.2 Å². The van der Waals surface area contributed by atoms with Gasteiger partial charge in [-0.1, -0.05) is 30.3 Å². The van der Waals surface area contributed by atoms with Gasteiger partial charge in [0.25, 0.3) is 11.8 Å². The third-order valence-corrected chi connectivity index (χ3v) is 5.89. The monoisotopic (exact) mass is 413 g/mol. The van der Waals surface area contributed by atoms with E-state index in [4.69, 9.17) is 4.42 Å². The molecule has 5 rings (SSSR count). The number of hydrogen-bond donors (Lipinski definition) is 2.